The number of carbonyl (C=O) groups excluding carboxylic acids is 2. The number of hydrogen-bond donors (Lipinski definition) is 0. The van der Waals surface area contributed by atoms with Crippen molar-refractivity contribution in [3.05, 3.63) is 70.4 Å². The topological polar surface area (TPSA) is 62.7 Å². The van der Waals surface area contributed by atoms with Crippen LogP contribution in [0.2, 0.25) is 5.02 Å². The van der Waals surface area contributed by atoms with E-state index in [1.54, 1.807) is 29.2 Å². The Labute approximate surface area is 192 Å². The number of nitrogens with zero attached hydrogens (tertiary/aromatic N) is 3. The summed E-state index contributed by atoms with van der Waals surface area (Å²) in [7, 11) is 0. The maximum Gasteiger partial charge on any atom is 0.260 e. The van der Waals surface area contributed by atoms with Gasteiger partial charge < -0.3 is 14.5 Å². The maximum absolute atomic E-state index is 13.0. The fourth-order valence-electron chi connectivity index (χ4n) is 4.07. The lowest BCUT2D eigenvalue weighted by Gasteiger charge is -2.35. The van der Waals surface area contributed by atoms with Gasteiger partial charge in [-0.1, -0.05) is 29.8 Å². The molecule has 0 atom stereocenters. The second-order valence-corrected chi connectivity index (χ2v) is 8.44. The van der Waals surface area contributed by atoms with Gasteiger partial charge in [0.05, 0.1) is 11.9 Å². The molecule has 1 aliphatic heterocycles. The van der Waals surface area contributed by atoms with Crippen molar-refractivity contribution >= 4 is 34.3 Å². The molecule has 2 heterocycles. The molecule has 0 aliphatic carbocycles. The molecular formula is C25H26ClN3O3. The molecule has 1 aliphatic rings. The maximum atomic E-state index is 13.0. The average molecular weight is 452 g/mol. The first-order valence-corrected chi connectivity index (χ1v) is 11.1. The number of hydrogen-bond acceptors (Lipinski definition) is 4. The van der Waals surface area contributed by atoms with Crippen LogP contribution in [0.15, 0.2) is 48.5 Å². The Kier molecular flexibility index (Phi) is 6.61. The number of fused-ring (bicyclic) bond motifs is 1. The molecule has 7 heteroatoms. The van der Waals surface area contributed by atoms with Crippen LogP contribution in [0.5, 0.6) is 5.75 Å². The van der Waals surface area contributed by atoms with Gasteiger partial charge in [-0.3, -0.25) is 14.6 Å². The summed E-state index contributed by atoms with van der Waals surface area (Å²) in [6, 6.07) is 14.9. The van der Waals surface area contributed by atoms with Gasteiger partial charge in [-0.05, 0) is 55.3 Å². The van der Waals surface area contributed by atoms with E-state index in [2.05, 4.69) is 11.9 Å². The SMILES string of the molecule is Cc1nc2ccccc2c(C)c1CC(=O)N1CCN(C(=O)COc2ccc(Cl)cc2)CC1. The van der Waals surface area contributed by atoms with E-state index in [0.29, 0.717) is 43.4 Å². The number of rotatable bonds is 5. The summed E-state index contributed by atoms with van der Waals surface area (Å²) in [5.74, 6) is 0.585. The Morgan fingerprint density at radius 2 is 1.56 bits per heavy atom. The second-order valence-electron chi connectivity index (χ2n) is 8.00. The minimum Gasteiger partial charge on any atom is -0.484 e. The predicted molar refractivity (Wildman–Crippen MR) is 125 cm³/mol. The van der Waals surface area contributed by atoms with Gasteiger partial charge in [0.25, 0.3) is 5.91 Å². The highest BCUT2D eigenvalue weighted by Crippen LogP contribution is 2.23. The Hall–Kier alpha value is -3.12. The van der Waals surface area contributed by atoms with Crippen molar-refractivity contribution in [1.82, 2.24) is 14.8 Å². The first-order chi connectivity index (χ1) is 15.4. The number of amides is 2. The third-order valence-electron chi connectivity index (χ3n) is 5.97. The lowest BCUT2D eigenvalue weighted by atomic mass is 9.99. The van der Waals surface area contributed by atoms with Gasteiger partial charge in [0.2, 0.25) is 5.91 Å². The molecule has 1 fully saturated rings. The van der Waals surface area contributed by atoms with Crippen molar-refractivity contribution in [1.29, 1.82) is 0 Å². The molecule has 0 radical (unpaired) electrons. The van der Waals surface area contributed by atoms with Crippen molar-refractivity contribution in [2.24, 2.45) is 0 Å². The number of benzene rings is 2. The van der Waals surface area contributed by atoms with Gasteiger partial charge >= 0.3 is 0 Å². The van der Waals surface area contributed by atoms with Crippen molar-refractivity contribution in [3.63, 3.8) is 0 Å². The van der Waals surface area contributed by atoms with E-state index in [4.69, 9.17) is 16.3 Å². The summed E-state index contributed by atoms with van der Waals surface area (Å²) in [5.41, 5.74) is 3.94. The van der Waals surface area contributed by atoms with Gasteiger partial charge in [-0.2, -0.15) is 0 Å². The normalized spacial score (nSPS) is 14.0. The molecule has 6 nitrogen and oxygen atoms in total. The molecule has 0 bridgehead atoms. The molecule has 32 heavy (non-hydrogen) atoms. The van der Waals surface area contributed by atoms with Gasteiger partial charge in [0.15, 0.2) is 6.61 Å². The number of para-hydroxylation sites is 1. The van der Waals surface area contributed by atoms with E-state index < -0.39 is 0 Å². The zero-order valence-electron chi connectivity index (χ0n) is 18.3. The molecule has 1 saturated heterocycles. The van der Waals surface area contributed by atoms with E-state index in [0.717, 1.165) is 27.7 Å². The van der Waals surface area contributed by atoms with Crippen LogP contribution in [0.3, 0.4) is 0 Å². The summed E-state index contributed by atoms with van der Waals surface area (Å²) in [4.78, 5) is 33.7. The third kappa shape index (κ3) is 4.86. The molecule has 1 aromatic heterocycles. The van der Waals surface area contributed by atoms with Crippen LogP contribution >= 0.6 is 11.6 Å². The monoisotopic (exact) mass is 451 g/mol. The van der Waals surface area contributed by atoms with Crippen LogP contribution in [-0.4, -0.2) is 59.4 Å². The highest BCUT2D eigenvalue weighted by Gasteiger charge is 2.25. The van der Waals surface area contributed by atoms with Crippen molar-refractivity contribution in [2.45, 2.75) is 20.3 Å². The van der Waals surface area contributed by atoms with Crippen LogP contribution in [-0.2, 0) is 16.0 Å². The van der Waals surface area contributed by atoms with Crippen LogP contribution in [0.1, 0.15) is 16.8 Å². The lowest BCUT2D eigenvalue weighted by molar-refractivity contribution is -0.140. The fraction of sp³-hybridized carbons (Fsp3) is 0.320. The molecule has 4 rings (SSSR count). The number of aryl methyl sites for hydroxylation is 2. The van der Waals surface area contributed by atoms with Gasteiger partial charge in [-0.25, -0.2) is 0 Å². The molecule has 0 unspecified atom stereocenters. The summed E-state index contributed by atoms with van der Waals surface area (Å²) in [6.07, 6.45) is 0.323. The predicted octanol–water partition coefficient (Wildman–Crippen LogP) is 3.80. The highest BCUT2D eigenvalue weighted by atomic mass is 35.5. The van der Waals surface area contributed by atoms with Crippen LogP contribution in [0.25, 0.3) is 10.9 Å². The summed E-state index contributed by atoms with van der Waals surface area (Å²) < 4.78 is 5.55. The quantitative estimate of drug-likeness (QED) is 0.592. The van der Waals surface area contributed by atoms with Gasteiger partial charge in [-0.15, -0.1) is 0 Å². The second kappa shape index (κ2) is 9.57. The number of piperazine rings is 1. The summed E-state index contributed by atoms with van der Waals surface area (Å²) in [6.45, 7) is 6.02. The lowest BCUT2D eigenvalue weighted by Crippen LogP contribution is -2.52. The number of halogens is 1. The first-order valence-electron chi connectivity index (χ1n) is 10.7. The van der Waals surface area contributed by atoms with Crippen molar-refractivity contribution in [2.75, 3.05) is 32.8 Å². The zero-order chi connectivity index (χ0) is 22.7. The van der Waals surface area contributed by atoms with Gasteiger partial charge in [0.1, 0.15) is 5.75 Å². The summed E-state index contributed by atoms with van der Waals surface area (Å²) >= 11 is 5.86. The third-order valence-corrected chi connectivity index (χ3v) is 6.23. The van der Waals surface area contributed by atoms with Crippen LogP contribution in [0.4, 0.5) is 0 Å². The standard InChI is InChI=1S/C25H26ClN3O3/c1-17-21-5-3-4-6-23(21)27-18(2)22(17)15-24(30)28-11-13-29(14-12-28)25(31)16-32-20-9-7-19(26)8-10-20/h3-10H,11-16H2,1-2H3. The number of ether oxygens (including phenoxy) is 1. The Morgan fingerprint density at radius 1 is 0.938 bits per heavy atom. The van der Waals surface area contributed by atoms with E-state index in [9.17, 15) is 9.59 Å². The van der Waals surface area contributed by atoms with Crippen LogP contribution in [0, 0.1) is 13.8 Å². The summed E-state index contributed by atoms with van der Waals surface area (Å²) in [5, 5.41) is 1.70. The highest BCUT2D eigenvalue weighted by molar-refractivity contribution is 6.30. The minimum absolute atomic E-state index is 0.0310. The molecule has 0 N–H and O–H groups in total. The minimum atomic E-state index is -0.0857. The van der Waals surface area contributed by atoms with E-state index in [1.807, 2.05) is 36.1 Å². The van der Waals surface area contributed by atoms with Crippen molar-refractivity contribution < 1.29 is 14.3 Å². The Bertz CT molecular complexity index is 1140. The first kappa shape index (κ1) is 22.1. The number of aromatic nitrogens is 1. The van der Waals surface area contributed by atoms with Gasteiger partial charge in [0, 0.05) is 42.3 Å². The Morgan fingerprint density at radius 3 is 2.25 bits per heavy atom. The van der Waals surface area contributed by atoms with E-state index in [1.165, 1.54) is 0 Å². The molecule has 0 spiro atoms. The van der Waals surface area contributed by atoms with Crippen LogP contribution < -0.4 is 4.74 Å². The molecule has 2 aromatic carbocycles. The average Bonchev–Trinajstić information content (AvgIpc) is 2.81. The molecule has 0 saturated carbocycles. The molecule has 2 amide bonds. The molecular weight excluding hydrogens is 426 g/mol. The molecule has 166 valence electrons. The van der Waals surface area contributed by atoms with E-state index >= 15 is 0 Å². The smallest absolute Gasteiger partial charge is 0.260 e. The van der Waals surface area contributed by atoms with Crippen molar-refractivity contribution in [3.8, 4) is 5.75 Å². The number of pyridine rings is 1. The molecule has 3 aromatic rings. The number of carbonyl (C=O) groups is 2. The largest absolute Gasteiger partial charge is 0.484 e. The van der Waals surface area contributed by atoms with E-state index in [-0.39, 0.29) is 18.4 Å². The zero-order valence-corrected chi connectivity index (χ0v) is 19.1. The Balaban J connectivity index is 1.32. The fourth-order valence-corrected chi connectivity index (χ4v) is 4.19.